The molecular weight excluding hydrogens is 899 g/mol. The van der Waals surface area contributed by atoms with E-state index in [1.54, 1.807) is 48.7 Å². The predicted molar refractivity (Wildman–Crippen MR) is 241 cm³/mol. The molecule has 5 heteroatoms. The Morgan fingerprint density at radius 2 is 1.53 bits per heavy atom. The molecule has 0 unspecified atom stereocenters. The number of aromatic nitrogens is 3. The average Bonchev–Trinajstić information content (AvgIpc) is 4.02. The first-order valence-corrected chi connectivity index (χ1v) is 19.4. The summed E-state index contributed by atoms with van der Waals surface area (Å²) in [5.41, 5.74) is 3.98. The van der Waals surface area contributed by atoms with Gasteiger partial charge in [-0.15, -0.1) is 47.5 Å². The Bertz CT molecular complexity index is 3330. The Kier molecular flexibility index (Phi) is 7.94. The molecule has 1 aliphatic rings. The van der Waals surface area contributed by atoms with E-state index in [-0.39, 0.29) is 76.5 Å². The molecule has 1 radical (unpaired) electrons. The van der Waals surface area contributed by atoms with Gasteiger partial charge < -0.3 is 14.4 Å². The molecule has 4 nitrogen and oxygen atoms in total. The summed E-state index contributed by atoms with van der Waals surface area (Å²) in [4.78, 5) is 13.1. The molecule has 0 atom stereocenters. The number of furan rings is 1. The van der Waals surface area contributed by atoms with E-state index in [2.05, 4.69) is 27.1 Å². The zero-order chi connectivity index (χ0) is 54.0. The zero-order valence-electron chi connectivity index (χ0n) is 49.0. The summed E-state index contributed by atoms with van der Waals surface area (Å²) < 4.78 is 137. The van der Waals surface area contributed by atoms with Crippen molar-refractivity contribution < 1.29 is 46.5 Å². The van der Waals surface area contributed by atoms with E-state index in [1.807, 2.05) is 51.1 Å². The van der Waals surface area contributed by atoms with Crippen LogP contribution in [0.2, 0.25) is 0 Å². The van der Waals surface area contributed by atoms with Gasteiger partial charge in [-0.3, -0.25) is 0 Å². The third-order valence-electron chi connectivity index (χ3n) is 10.1. The van der Waals surface area contributed by atoms with Gasteiger partial charge in [-0.2, -0.15) is 0 Å². The van der Waals surface area contributed by atoms with E-state index in [0.29, 0.717) is 57.1 Å². The molecule has 4 heterocycles. The first kappa shape index (κ1) is 26.1. The molecule has 4 aromatic carbocycles. The van der Waals surface area contributed by atoms with Crippen LogP contribution in [0.4, 0.5) is 0 Å². The molecule has 0 spiro atoms. The van der Waals surface area contributed by atoms with Crippen LogP contribution in [0.3, 0.4) is 0 Å². The van der Waals surface area contributed by atoms with Crippen LogP contribution in [0.15, 0.2) is 120 Å². The Hall–Kier alpha value is -5.22. The Balaban J connectivity index is 0.000000237. The molecule has 0 aliphatic heterocycles. The maximum absolute atomic E-state index is 8.83. The third-order valence-corrected chi connectivity index (χ3v) is 10.1. The second kappa shape index (κ2) is 18.0. The molecule has 0 N–H and O–H groups in total. The second-order valence-electron chi connectivity index (χ2n) is 15.6. The fraction of sp³-hybridized carbons (Fsp3) is 0.278. The first-order valence-electron chi connectivity index (χ1n) is 27.4. The van der Waals surface area contributed by atoms with Crippen LogP contribution in [0, 0.1) is 50.9 Å². The smallest absolute Gasteiger partial charge is 0.216 e. The summed E-state index contributed by atoms with van der Waals surface area (Å²) in [5, 5.41) is 1.19. The molecule has 1 saturated carbocycles. The van der Waals surface area contributed by atoms with Gasteiger partial charge in [-0.1, -0.05) is 137 Å². The van der Waals surface area contributed by atoms with Crippen molar-refractivity contribution in [1.82, 2.24) is 15.0 Å². The van der Waals surface area contributed by atoms with Gasteiger partial charge in [0.25, 0.3) is 0 Å². The molecule has 4 aromatic heterocycles. The van der Waals surface area contributed by atoms with Gasteiger partial charge >= 0.3 is 0 Å². The molecule has 1 aliphatic carbocycles. The van der Waals surface area contributed by atoms with Gasteiger partial charge in [0, 0.05) is 65.5 Å². The first-order chi connectivity index (χ1) is 34.4. The molecule has 1 fully saturated rings. The predicted octanol–water partition coefficient (Wildman–Crippen LogP) is 14.3. The average molecular weight is 968 g/mol. The summed E-state index contributed by atoms with van der Waals surface area (Å²) in [6.45, 7) is -4.44. The van der Waals surface area contributed by atoms with Crippen LogP contribution in [-0.4, -0.2) is 15.0 Å². The topological polar surface area (TPSA) is 51.8 Å². The van der Waals surface area contributed by atoms with Crippen molar-refractivity contribution in [2.75, 3.05) is 0 Å². The fourth-order valence-corrected chi connectivity index (χ4v) is 7.36. The number of hydrogen-bond donors (Lipinski definition) is 0. The number of aryl methyl sites for hydroxylation is 4. The Morgan fingerprint density at radius 3 is 2.27 bits per heavy atom. The van der Waals surface area contributed by atoms with Crippen molar-refractivity contribution in [2.45, 2.75) is 86.6 Å². The van der Waals surface area contributed by atoms with Gasteiger partial charge in [0.15, 0.2) is 0 Å². The van der Waals surface area contributed by atoms with Crippen molar-refractivity contribution in [3.63, 3.8) is 0 Å². The van der Waals surface area contributed by atoms with Crippen molar-refractivity contribution in [2.24, 2.45) is 11.3 Å². The zero-order valence-corrected chi connectivity index (χ0v) is 35.4. The van der Waals surface area contributed by atoms with Crippen molar-refractivity contribution in [3.05, 3.63) is 161 Å². The van der Waals surface area contributed by atoms with Crippen LogP contribution in [-0.2, 0) is 32.9 Å². The van der Waals surface area contributed by atoms with Gasteiger partial charge in [0.2, 0.25) is 5.71 Å². The van der Waals surface area contributed by atoms with Crippen molar-refractivity contribution in [1.29, 1.82) is 0 Å². The maximum Gasteiger partial charge on any atom is 0.216 e. The molecule has 0 bridgehead atoms. The largest absolute Gasteiger partial charge is 0.486 e. The third kappa shape index (κ3) is 9.65. The quantitative estimate of drug-likeness (QED) is 0.149. The molecule has 0 amide bonds. The van der Waals surface area contributed by atoms with Gasteiger partial charge in [0.05, 0.1) is 5.58 Å². The molecule has 301 valence electrons. The second-order valence-corrected chi connectivity index (χ2v) is 15.6. The van der Waals surface area contributed by atoms with E-state index < -0.39 is 45.6 Å². The fourth-order valence-electron chi connectivity index (χ4n) is 7.36. The maximum atomic E-state index is 8.83. The minimum absolute atomic E-state index is 0. The number of rotatable bonds is 7. The SMILES string of the molecule is [2H]C([2H])([2H])c1c[c-]c(-c2ccc(C([2H])([2H])C(C)(C)C)cn2)cc1-c1ccccc1.[2H]C([2H])([2H])c1ccc2c(n1)oc1c(-c3cc(-c4ccc(C([2H])([2H])C5CCCC5)cc4C([2H])([2H])[2H])c(C([2H])([2H])[2H])cn3)[c-]ccc12.[Ir]. The molecule has 8 aromatic rings. The van der Waals surface area contributed by atoms with Crippen LogP contribution in [0.5, 0.6) is 0 Å². The summed E-state index contributed by atoms with van der Waals surface area (Å²) in [5.74, 6) is -0.233. The van der Waals surface area contributed by atoms with E-state index >= 15 is 0 Å². The molecular formula is C54H53IrN3O-2. The van der Waals surface area contributed by atoms with Gasteiger partial charge in [-0.25, -0.2) is 4.98 Å². The normalized spacial score (nSPS) is 18.4. The molecule has 9 rings (SSSR count). The summed E-state index contributed by atoms with van der Waals surface area (Å²) in [6.07, 6.45) is 2.73. The van der Waals surface area contributed by atoms with Crippen LogP contribution in [0.1, 0.15) is 102 Å². The van der Waals surface area contributed by atoms with E-state index in [4.69, 9.17) is 26.3 Å². The molecule has 0 saturated heterocycles. The van der Waals surface area contributed by atoms with Crippen molar-refractivity contribution >= 4 is 22.1 Å². The number of pyridine rings is 3. The number of benzene rings is 4. The number of fused-ring (bicyclic) bond motifs is 3. The van der Waals surface area contributed by atoms with E-state index in [0.717, 1.165) is 18.4 Å². The minimum atomic E-state index is -2.68. The summed E-state index contributed by atoms with van der Waals surface area (Å²) in [6, 6.07) is 34.6. The Morgan fingerprint density at radius 1 is 0.729 bits per heavy atom. The molecule has 59 heavy (non-hydrogen) atoms. The van der Waals surface area contributed by atoms with Crippen LogP contribution < -0.4 is 0 Å². The van der Waals surface area contributed by atoms with Gasteiger partial charge in [-0.05, 0) is 107 Å². The Labute approximate surface area is 386 Å². The standard InChI is InChI=1S/C31H29N2O.C23H24N.Ir/c1-19-15-23(16-22-7-4-5-8-22)12-14-24(19)28-17-29(32-18-20(28)2)27-10-6-9-25-26-13-11-21(3)33-31(26)34-30(25)27;1-17-10-12-20(14-21(17)19-8-6-5-7-9-19)22-13-11-18(16-24-22)15-23(2,3)4;/h6,9,11-15,17-18,22H,4-5,7-8,16H2,1-3H3;5-11,13-14,16H,15H2,1-4H3;/q2*-1;/i1D3,2D3,3D3,16D2;1D3,15D2;. The number of hydrogen-bond acceptors (Lipinski definition) is 4. The monoisotopic (exact) mass is 968 g/mol. The van der Waals surface area contributed by atoms with E-state index in [9.17, 15) is 0 Å². The van der Waals surface area contributed by atoms with E-state index in [1.165, 1.54) is 36.5 Å². The van der Waals surface area contributed by atoms with Crippen molar-refractivity contribution in [3.8, 4) is 44.8 Å². The summed E-state index contributed by atoms with van der Waals surface area (Å²) >= 11 is 0. The number of nitrogens with zero attached hydrogens (tertiary/aromatic N) is 3. The van der Waals surface area contributed by atoms with Gasteiger partial charge in [0.1, 0.15) is 0 Å². The van der Waals surface area contributed by atoms with Crippen LogP contribution in [0.25, 0.3) is 66.8 Å². The minimum Gasteiger partial charge on any atom is -0.486 e. The van der Waals surface area contributed by atoms with Crippen LogP contribution >= 0.6 is 0 Å². The summed E-state index contributed by atoms with van der Waals surface area (Å²) in [7, 11) is 0.